The first kappa shape index (κ1) is 14.0. The largest absolute Gasteiger partial charge is 0.494 e. The van der Waals surface area contributed by atoms with Gasteiger partial charge >= 0.3 is 0 Å². The van der Waals surface area contributed by atoms with E-state index in [0.717, 1.165) is 11.5 Å². The van der Waals surface area contributed by atoms with Crippen LogP contribution in [0.15, 0.2) is 48.5 Å². The van der Waals surface area contributed by atoms with Crippen LogP contribution in [-0.2, 0) is 0 Å². The molecule has 0 aromatic heterocycles. The van der Waals surface area contributed by atoms with Gasteiger partial charge in [-0.25, -0.2) is 0 Å². The van der Waals surface area contributed by atoms with Crippen molar-refractivity contribution in [3.8, 4) is 11.5 Å². The Labute approximate surface area is 125 Å². The lowest BCUT2D eigenvalue weighted by Gasteiger charge is -2.21. The van der Waals surface area contributed by atoms with Gasteiger partial charge in [-0.3, -0.25) is 0 Å². The molecule has 1 heterocycles. The Bertz CT molecular complexity index is 612. The normalized spacial score (nSPS) is 17.9. The molecule has 2 unspecified atom stereocenters. The number of para-hydroxylation sites is 2. The van der Waals surface area contributed by atoms with Crippen LogP contribution in [0.3, 0.4) is 0 Å². The summed E-state index contributed by atoms with van der Waals surface area (Å²) in [5.74, 6) is 1.94. The second kappa shape index (κ2) is 6.19. The lowest BCUT2D eigenvalue weighted by atomic mass is 10.0. The number of rotatable bonds is 5. The van der Waals surface area contributed by atoms with Crippen molar-refractivity contribution in [1.29, 1.82) is 0 Å². The van der Waals surface area contributed by atoms with Gasteiger partial charge in [0.15, 0.2) is 0 Å². The summed E-state index contributed by atoms with van der Waals surface area (Å²) in [7, 11) is 0. The first-order valence-electron chi connectivity index (χ1n) is 7.49. The molecule has 21 heavy (non-hydrogen) atoms. The van der Waals surface area contributed by atoms with E-state index in [9.17, 15) is 0 Å². The van der Waals surface area contributed by atoms with E-state index in [-0.39, 0.29) is 12.1 Å². The fraction of sp³-hybridized carbons (Fsp3) is 0.333. The Kier molecular flexibility index (Phi) is 4.11. The Balaban J connectivity index is 1.77. The van der Waals surface area contributed by atoms with Crippen LogP contribution >= 0.6 is 0 Å². The molecule has 1 aliphatic heterocycles. The lowest BCUT2D eigenvalue weighted by molar-refractivity contribution is 0.295. The minimum Gasteiger partial charge on any atom is -0.494 e. The number of nitrogens with one attached hydrogen (secondary N) is 1. The van der Waals surface area contributed by atoms with Crippen molar-refractivity contribution in [1.82, 2.24) is 5.32 Å². The first-order chi connectivity index (χ1) is 10.3. The smallest absolute Gasteiger partial charge is 0.124 e. The minimum atomic E-state index is 0.201. The van der Waals surface area contributed by atoms with Gasteiger partial charge in [0.25, 0.3) is 0 Å². The van der Waals surface area contributed by atoms with Crippen molar-refractivity contribution in [3.63, 3.8) is 0 Å². The van der Waals surface area contributed by atoms with Crippen LogP contribution in [-0.4, -0.2) is 13.2 Å². The van der Waals surface area contributed by atoms with Gasteiger partial charge in [-0.2, -0.15) is 0 Å². The third-order valence-electron chi connectivity index (χ3n) is 3.84. The number of hydrogen-bond donors (Lipinski definition) is 1. The Morgan fingerprint density at radius 3 is 2.81 bits per heavy atom. The van der Waals surface area contributed by atoms with Gasteiger partial charge in [0.2, 0.25) is 0 Å². The van der Waals surface area contributed by atoms with E-state index in [1.54, 1.807) is 0 Å². The van der Waals surface area contributed by atoms with E-state index in [1.165, 1.54) is 11.1 Å². The second-order valence-electron chi connectivity index (χ2n) is 5.26. The zero-order valence-electron chi connectivity index (χ0n) is 12.5. The lowest BCUT2D eigenvalue weighted by Crippen LogP contribution is -2.26. The fourth-order valence-electron chi connectivity index (χ4n) is 2.82. The summed E-state index contributed by atoms with van der Waals surface area (Å²) >= 11 is 0. The van der Waals surface area contributed by atoms with Crippen LogP contribution in [0, 0.1) is 0 Å². The summed E-state index contributed by atoms with van der Waals surface area (Å²) < 4.78 is 11.5. The minimum absolute atomic E-state index is 0.201. The van der Waals surface area contributed by atoms with Gasteiger partial charge in [0, 0.05) is 17.2 Å². The van der Waals surface area contributed by atoms with Crippen LogP contribution < -0.4 is 14.8 Å². The zero-order chi connectivity index (χ0) is 14.7. The molecule has 0 amide bonds. The molecule has 0 bridgehead atoms. The predicted octanol–water partition coefficient (Wildman–Crippen LogP) is 3.87. The van der Waals surface area contributed by atoms with Crippen molar-refractivity contribution in [2.24, 2.45) is 0 Å². The summed E-state index contributed by atoms with van der Waals surface area (Å²) in [4.78, 5) is 0. The molecule has 0 radical (unpaired) electrons. The van der Waals surface area contributed by atoms with Crippen LogP contribution in [0.2, 0.25) is 0 Å². The Hall–Kier alpha value is -2.00. The molecule has 0 spiro atoms. The van der Waals surface area contributed by atoms with Gasteiger partial charge in [0.05, 0.1) is 12.6 Å². The highest BCUT2D eigenvalue weighted by atomic mass is 16.5. The molecule has 1 aliphatic rings. The van der Waals surface area contributed by atoms with Crippen molar-refractivity contribution in [3.05, 3.63) is 59.7 Å². The van der Waals surface area contributed by atoms with Crippen molar-refractivity contribution in [2.45, 2.75) is 25.9 Å². The molecule has 1 N–H and O–H groups in total. The van der Waals surface area contributed by atoms with Gasteiger partial charge < -0.3 is 14.8 Å². The average Bonchev–Trinajstić information content (AvgIpc) is 2.91. The highest BCUT2D eigenvalue weighted by Crippen LogP contribution is 2.34. The van der Waals surface area contributed by atoms with Crippen molar-refractivity contribution < 1.29 is 9.47 Å². The molecule has 2 aromatic rings. The number of ether oxygens (including phenoxy) is 2. The predicted molar refractivity (Wildman–Crippen MR) is 83.8 cm³/mol. The highest BCUT2D eigenvalue weighted by Gasteiger charge is 2.25. The third kappa shape index (κ3) is 2.88. The maximum Gasteiger partial charge on any atom is 0.124 e. The highest BCUT2D eigenvalue weighted by molar-refractivity contribution is 5.40. The van der Waals surface area contributed by atoms with E-state index < -0.39 is 0 Å². The van der Waals surface area contributed by atoms with E-state index in [0.29, 0.717) is 13.2 Å². The summed E-state index contributed by atoms with van der Waals surface area (Å²) in [6, 6.07) is 16.8. The molecule has 0 saturated carbocycles. The van der Waals surface area contributed by atoms with E-state index >= 15 is 0 Å². The SMILES string of the molecule is CCOc1ccccc1C(C)NC1COc2ccccc21. The topological polar surface area (TPSA) is 30.5 Å². The van der Waals surface area contributed by atoms with Gasteiger partial charge in [-0.15, -0.1) is 0 Å². The third-order valence-corrected chi connectivity index (χ3v) is 3.84. The van der Waals surface area contributed by atoms with E-state index in [2.05, 4.69) is 36.5 Å². The maximum absolute atomic E-state index is 5.73. The molecule has 3 rings (SSSR count). The number of fused-ring (bicyclic) bond motifs is 1. The van der Waals surface area contributed by atoms with Crippen LogP contribution in [0.1, 0.15) is 37.1 Å². The fourth-order valence-corrected chi connectivity index (χ4v) is 2.82. The Morgan fingerprint density at radius 1 is 1.19 bits per heavy atom. The monoisotopic (exact) mass is 283 g/mol. The van der Waals surface area contributed by atoms with E-state index in [4.69, 9.17) is 9.47 Å². The molecule has 110 valence electrons. The molecule has 2 aromatic carbocycles. The molecule has 2 atom stereocenters. The molecule has 0 saturated heterocycles. The van der Waals surface area contributed by atoms with Gasteiger partial charge in [-0.1, -0.05) is 36.4 Å². The second-order valence-corrected chi connectivity index (χ2v) is 5.26. The van der Waals surface area contributed by atoms with Gasteiger partial charge in [-0.05, 0) is 26.0 Å². The van der Waals surface area contributed by atoms with Crippen molar-refractivity contribution >= 4 is 0 Å². The number of benzene rings is 2. The van der Waals surface area contributed by atoms with Gasteiger partial charge in [0.1, 0.15) is 18.1 Å². The summed E-state index contributed by atoms with van der Waals surface area (Å²) in [5.41, 5.74) is 2.42. The zero-order valence-corrected chi connectivity index (χ0v) is 12.5. The van der Waals surface area contributed by atoms with Crippen molar-refractivity contribution in [2.75, 3.05) is 13.2 Å². The summed E-state index contributed by atoms with van der Waals surface area (Å²) in [5, 5.41) is 3.65. The Morgan fingerprint density at radius 2 is 1.95 bits per heavy atom. The average molecular weight is 283 g/mol. The molecule has 3 heteroatoms. The molecule has 0 aliphatic carbocycles. The maximum atomic E-state index is 5.73. The standard InChI is InChI=1S/C18H21NO2/c1-3-20-17-10-6-4-8-14(17)13(2)19-16-12-21-18-11-7-5-9-15(16)18/h4-11,13,16,19H,3,12H2,1-2H3. The van der Waals surface area contributed by atoms with Crippen LogP contribution in [0.25, 0.3) is 0 Å². The molecule has 0 fully saturated rings. The molecular weight excluding hydrogens is 262 g/mol. The first-order valence-corrected chi connectivity index (χ1v) is 7.49. The van der Waals surface area contributed by atoms with Crippen LogP contribution in [0.4, 0.5) is 0 Å². The molecular formula is C18H21NO2. The summed E-state index contributed by atoms with van der Waals surface area (Å²) in [6.45, 7) is 5.54. The van der Waals surface area contributed by atoms with Crippen LogP contribution in [0.5, 0.6) is 11.5 Å². The van der Waals surface area contributed by atoms with E-state index in [1.807, 2.05) is 31.2 Å². The molecule has 3 nitrogen and oxygen atoms in total. The quantitative estimate of drug-likeness (QED) is 0.903. The number of hydrogen-bond acceptors (Lipinski definition) is 3. The summed E-state index contributed by atoms with van der Waals surface area (Å²) in [6.07, 6.45) is 0.